The van der Waals surface area contributed by atoms with Crippen molar-refractivity contribution < 1.29 is 16.8 Å². The topological polar surface area (TPSA) is 106 Å². The second-order valence-electron chi connectivity index (χ2n) is 3.59. The first-order chi connectivity index (χ1) is 7.68. The minimum Gasteiger partial charge on any atom is -0.384 e. The quantitative estimate of drug-likeness (QED) is 0.775. The molecular weight excluding hydrogens is 264 g/mol. The molecule has 8 heteroatoms. The lowest BCUT2D eigenvalue weighted by atomic mass is 10.3. The third kappa shape index (κ3) is 5.16. The second-order valence-corrected chi connectivity index (χ2v) is 7.34. The molecular formula is C9H14N2O4S2. The predicted molar refractivity (Wildman–Crippen MR) is 66.0 cm³/mol. The zero-order valence-corrected chi connectivity index (χ0v) is 10.9. The van der Waals surface area contributed by atoms with Crippen molar-refractivity contribution in [1.29, 1.82) is 0 Å². The molecule has 0 radical (unpaired) electrons. The van der Waals surface area contributed by atoms with Gasteiger partial charge in [-0.05, 0) is 18.2 Å². The van der Waals surface area contributed by atoms with Crippen LogP contribution in [0, 0.1) is 0 Å². The SMILES string of the molecule is CS(=O)(=O)c1cccc(NCCS(N)(=O)=O)c1. The fourth-order valence-corrected chi connectivity index (χ4v) is 2.23. The molecule has 0 aliphatic carbocycles. The molecule has 0 bridgehead atoms. The summed E-state index contributed by atoms with van der Waals surface area (Å²) in [6.45, 7) is 0.131. The van der Waals surface area contributed by atoms with Gasteiger partial charge in [-0.15, -0.1) is 0 Å². The molecule has 0 atom stereocenters. The molecule has 0 saturated heterocycles. The van der Waals surface area contributed by atoms with Crippen molar-refractivity contribution in [2.45, 2.75) is 4.90 Å². The van der Waals surface area contributed by atoms with Crippen molar-refractivity contribution in [3.05, 3.63) is 24.3 Å². The van der Waals surface area contributed by atoms with E-state index in [1.807, 2.05) is 0 Å². The van der Waals surface area contributed by atoms with Gasteiger partial charge in [-0.2, -0.15) is 0 Å². The molecule has 0 heterocycles. The number of nitrogens with one attached hydrogen (secondary N) is 1. The van der Waals surface area contributed by atoms with E-state index in [0.717, 1.165) is 6.26 Å². The van der Waals surface area contributed by atoms with E-state index < -0.39 is 19.9 Å². The monoisotopic (exact) mass is 278 g/mol. The first-order valence-corrected chi connectivity index (χ1v) is 8.34. The van der Waals surface area contributed by atoms with Crippen LogP contribution in [-0.4, -0.2) is 35.4 Å². The van der Waals surface area contributed by atoms with Gasteiger partial charge in [-0.25, -0.2) is 22.0 Å². The van der Waals surface area contributed by atoms with Gasteiger partial charge in [-0.1, -0.05) is 6.07 Å². The summed E-state index contributed by atoms with van der Waals surface area (Å²) in [7, 11) is -6.78. The molecule has 0 aliphatic rings. The molecule has 0 unspecified atom stereocenters. The lowest BCUT2D eigenvalue weighted by molar-refractivity contribution is 0.597. The van der Waals surface area contributed by atoms with Crippen molar-refractivity contribution >= 4 is 25.5 Å². The van der Waals surface area contributed by atoms with Crippen molar-refractivity contribution in [3.8, 4) is 0 Å². The van der Waals surface area contributed by atoms with Gasteiger partial charge in [0.15, 0.2) is 9.84 Å². The van der Waals surface area contributed by atoms with Gasteiger partial charge in [0.05, 0.1) is 10.6 Å². The average Bonchev–Trinajstić information content (AvgIpc) is 2.15. The summed E-state index contributed by atoms with van der Waals surface area (Å²) < 4.78 is 43.9. The number of nitrogens with two attached hydrogens (primary N) is 1. The molecule has 0 aromatic heterocycles. The minimum absolute atomic E-state index is 0.131. The fraction of sp³-hybridized carbons (Fsp3) is 0.333. The van der Waals surface area contributed by atoms with Crippen molar-refractivity contribution in [2.24, 2.45) is 5.14 Å². The molecule has 0 fully saturated rings. The number of anilines is 1. The molecule has 0 amide bonds. The Hall–Kier alpha value is -1.12. The number of hydrogen-bond donors (Lipinski definition) is 2. The van der Waals surface area contributed by atoms with E-state index in [2.05, 4.69) is 5.32 Å². The van der Waals surface area contributed by atoms with Crippen LogP contribution in [0.25, 0.3) is 0 Å². The van der Waals surface area contributed by atoms with Crippen LogP contribution in [0.15, 0.2) is 29.2 Å². The zero-order chi connectivity index (χ0) is 13.1. The summed E-state index contributed by atoms with van der Waals surface area (Å²) in [5, 5.41) is 7.63. The summed E-state index contributed by atoms with van der Waals surface area (Å²) in [5.74, 6) is -0.212. The Labute approximate surface area is 101 Å². The number of sulfonamides is 1. The maximum absolute atomic E-state index is 11.3. The Bertz CT molecular complexity index is 593. The lowest BCUT2D eigenvalue weighted by Gasteiger charge is -2.06. The maximum atomic E-state index is 11.3. The van der Waals surface area contributed by atoms with Crippen LogP contribution in [0.5, 0.6) is 0 Å². The van der Waals surface area contributed by atoms with E-state index in [-0.39, 0.29) is 17.2 Å². The van der Waals surface area contributed by atoms with Gasteiger partial charge in [0.2, 0.25) is 10.0 Å². The highest BCUT2D eigenvalue weighted by Gasteiger charge is 2.07. The summed E-state index contributed by atoms with van der Waals surface area (Å²) in [6, 6.07) is 6.14. The van der Waals surface area contributed by atoms with Crippen LogP contribution in [0.2, 0.25) is 0 Å². The molecule has 96 valence electrons. The summed E-state index contributed by atoms with van der Waals surface area (Å²) in [5.41, 5.74) is 0.538. The molecule has 0 aliphatic heterocycles. The zero-order valence-electron chi connectivity index (χ0n) is 9.25. The predicted octanol–water partition coefficient (Wildman–Crippen LogP) is -0.209. The Morgan fingerprint density at radius 2 is 1.88 bits per heavy atom. The highest BCUT2D eigenvalue weighted by atomic mass is 32.2. The molecule has 6 nitrogen and oxygen atoms in total. The van der Waals surface area contributed by atoms with Crippen LogP contribution in [-0.2, 0) is 19.9 Å². The van der Waals surface area contributed by atoms with Crippen molar-refractivity contribution in [1.82, 2.24) is 0 Å². The first-order valence-electron chi connectivity index (χ1n) is 4.73. The minimum atomic E-state index is -3.51. The molecule has 1 aromatic carbocycles. The van der Waals surface area contributed by atoms with Gasteiger partial charge in [-0.3, -0.25) is 0 Å². The number of sulfone groups is 1. The number of rotatable bonds is 5. The summed E-state index contributed by atoms with van der Waals surface area (Å²) in [4.78, 5) is 0.179. The van der Waals surface area contributed by atoms with Gasteiger partial charge >= 0.3 is 0 Å². The van der Waals surface area contributed by atoms with E-state index in [1.54, 1.807) is 12.1 Å². The van der Waals surface area contributed by atoms with E-state index in [0.29, 0.717) is 5.69 Å². The molecule has 0 saturated carbocycles. The Morgan fingerprint density at radius 3 is 2.41 bits per heavy atom. The summed E-state index contributed by atoms with van der Waals surface area (Å²) in [6.07, 6.45) is 1.11. The molecule has 17 heavy (non-hydrogen) atoms. The highest BCUT2D eigenvalue weighted by Crippen LogP contribution is 2.14. The lowest BCUT2D eigenvalue weighted by Crippen LogP contribution is -2.22. The smallest absolute Gasteiger partial charge is 0.210 e. The van der Waals surface area contributed by atoms with E-state index in [4.69, 9.17) is 5.14 Å². The molecule has 1 aromatic rings. The normalized spacial score (nSPS) is 12.4. The molecule has 3 N–H and O–H groups in total. The summed E-state index contributed by atoms with van der Waals surface area (Å²) >= 11 is 0. The molecule has 1 rings (SSSR count). The Kier molecular flexibility index (Phi) is 4.12. The van der Waals surface area contributed by atoms with Crippen LogP contribution in [0.4, 0.5) is 5.69 Å². The van der Waals surface area contributed by atoms with Gasteiger partial charge in [0, 0.05) is 18.5 Å². The van der Waals surface area contributed by atoms with Crippen LogP contribution in [0.3, 0.4) is 0 Å². The van der Waals surface area contributed by atoms with Gasteiger partial charge < -0.3 is 5.32 Å². The average molecular weight is 278 g/mol. The standard InChI is InChI=1S/C9H14N2O4S2/c1-16(12,13)9-4-2-3-8(7-9)11-5-6-17(10,14)15/h2-4,7,11H,5-6H2,1H3,(H2,10,14,15). The van der Waals surface area contributed by atoms with E-state index in [9.17, 15) is 16.8 Å². The first kappa shape index (κ1) is 13.9. The number of benzene rings is 1. The number of hydrogen-bond acceptors (Lipinski definition) is 5. The Balaban J connectivity index is 2.74. The van der Waals surface area contributed by atoms with Crippen LogP contribution >= 0.6 is 0 Å². The third-order valence-corrected chi connectivity index (χ3v) is 3.86. The van der Waals surface area contributed by atoms with Gasteiger partial charge in [0.25, 0.3) is 0 Å². The van der Waals surface area contributed by atoms with Crippen LogP contribution < -0.4 is 10.5 Å². The van der Waals surface area contributed by atoms with E-state index in [1.165, 1.54) is 12.1 Å². The van der Waals surface area contributed by atoms with Crippen LogP contribution in [0.1, 0.15) is 0 Å². The third-order valence-electron chi connectivity index (χ3n) is 1.98. The fourth-order valence-electron chi connectivity index (χ4n) is 1.17. The highest BCUT2D eigenvalue weighted by molar-refractivity contribution is 7.90. The Morgan fingerprint density at radius 1 is 1.24 bits per heavy atom. The molecule has 0 spiro atoms. The van der Waals surface area contributed by atoms with Gasteiger partial charge in [0.1, 0.15) is 0 Å². The maximum Gasteiger partial charge on any atom is 0.210 e. The second kappa shape index (κ2) is 5.03. The van der Waals surface area contributed by atoms with Crippen molar-refractivity contribution in [3.63, 3.8) is 0 Å². The van der Waals surface area contributed by atoms with Crippen molar-refractivity contribution in [2.75, 3.05) is 23.9 Å². The number of primary sulfonamides is 1. The van der Waals surface area contributed by atoms with E-state index >= 15 is 0 Å². The largest absolute Gasteiger partial charge is 0.384 e.